The maximum atomic E-state index is 14.0. The number of benzene rings is 1. The summed E-state index contributed by atoms with van der Waals surface area (Å²) in [5, 5.41) is 0.142. The van der Waals surface area contributed by atoms with Crippen LogP contribution in [0.2, 0.25) is 5.15 Å². The van der Waals surface area contributed by atoms with Crippen molar-refractivity contribution in [3.05, 3.63) is 53.1 Å². The van der Waals surface area contributed by atoms with Gasteiger partial charge in [0.15, 0.2) is 11.0 Å². The van der Waals surface area contributed by atoms with E-state index in [-0.39, 0.29) is 10.7 Å². The highest BCUT2D eigenvalue weighted by atomic mass is 35.5. The summed E-state index contributed by atoms with van der Waals surface area (Å²) in [4.78, 5) is 12.1. The van der Waals surface area contributed by atoms with Crippen molar-refractivity contribution in [2.45, 2.75) is 6.92 Å². The minimum Gasteiger partial charge on any atom is -0.241 e. The lowest BCUT2D eigenvalue weighted by Gasteiger charge is -2.08. The van der Waals surface area contributed by atoms with E-state index < -0.39 is 11.6 Å². The summed E-state index contributed by atoms with van der Waals surface area (Å²) in [5.41, 5.74) is 1.04. The number of fused-ring (bicyclic) bond motifs is 1. The van der Waals surface area contributed by atoms with E-state index in [0.717, 1.165) is 0 Å². The molecule has 2 heterocycles. The number of nitrogens with zero attached hydrogens (tertiary/aromatic N) is 3. The Balaban J connectivity index is 2.39. The largest absolute Gasteiger partial charge is 0.241 e. The molecule has 3 nitrogen and oxygen atoms in total. The highest BCUT2D eigenvalue weighted by Gasteiger charge is 2.15. The maximum absolute atomic E-state index is 14.0. The SMILES string of the molecule is Cc1nc(-c2cccc(F)c2)c2cnc(Cl)c(F)c2n1. The van der Waals surface area contributed by atoms with Gasteiger partial charge in [0.05, 0.1) is 5.69 Å². The van der Waals surface area contributed by atoms with Crippen molar-refractivity contribution in [1.82, 2.24) is 15.0 Å². The number of halogens is 3. The van der Waals surface area contributed by atoms with Gasteiger partial charge in [-0.1, -0.05) is 23.7 Å². The average Bonchev–Trinajstić information content (AvgIpc) is 2.43. The molecule has 0 N–H and O–H groups in total. The van der Waals surface area contributed by atoms with E-state index in [0.29, 0.717) is 22.5 Å². The first-order valence-corrected chi connectivity index (χ1v) is 6.18. The molecule has 0 amide bonds. The van der Waals surface area contributed by atoms with Crippen LogP contribution in [0.25, 0.3) is 22.2 Å². The molecule has 0 spiro atoms. The molecule has 2 aromatic heterocycles. The lowest BCUT2D eigenvalue weighted by Crippen LogP contribution is -1.98. The fourth-order valence-electron chi connectivity index (χ4n) is 2.00. The normalized spacial score (nSPS) is 11.0. The van der Waals surface area contributed by atoms with E-state index >= 15 is 0 Å². The lowest BCUT2D eigenvalue weighted by atomic mass is 10.1. The fourth-order valence-corrected chi connectivity index (χ4v) is 2.14. The second kappa shape index (κ2) is 4.76. The van der Waals surface area contributed by atoms with Crippen LogP contribution in [-0.4, -0.2) is 15.0 Å². The van der Waals surface area contributed by atoms with Crippen molar-refractivity contribution in [3.8, 4) is 11.3 Å². The van der Waals surface area contributed by atoms with Gasteiger partial charge in [-0.2, -0.15) is 0 Å². The van der Waals surface area contributed by atoms with Crippen molar-refractivity contribution in [2.75, 3.05) is 0 Å². The Hall–Kier alpha value is -2.14. The Kier molecular flexibility index (Phi) is 3.06. The number of pyridine rings is 1. The standard InChI is InChI=1S/C14H8ClF2N3/c1-7-19-12(8-3-2-4-9(16)5-8)10-6-18-14(15)11(17)13(10)20-7/h2-6H,1H3. The summed E-state index contributed by atoms with van der Waals surface area (Å²) in [6.07, 6.45) is 1.39. The molecule has 100 valence electrons. The first kappa shape index (κ1) is 12.9. The summed E-state index contributed by atoms with van der Waals surface area (Å²) in [7, 11) is 0. The number of hydrogen-bond donors (Lipinski definition) is 0. The number of hydrogen-bond acceptors (Lipinski definition) is 3. The van der Waals surface area contributed by atoms with Gasteiger partial charge >= 0.3 is 0 Å². The molecule has 0 saturated heterocycles. The predicted octanol–water partition coefficient (Wildman–Crippen LogP) is 3.93. The molecule has 6 heteroatoms. The molecule has 3 aromatic rings. The Labute approximate surface area is 118 Å². The number of aromatic nitrogens is 3. The maximum Gasteiger partial charge on any atom is 0.186 e. The van der Waals surface area contributed by atoms with Gasteiger partial charge in [0.1, 0.15) is 17.2 Å². The van der Waals surface area contributed by atoms with Gasteiger partial charge in [0, 0.05) is 17.1 Å². The monoisotopic (exact) mass is 291 g/mol. The smallest absolute Gasteiger partial charge is 0.186 e. The van der Waals surface area contributed by atoms with Gasteiger partial charge in [0.2, 0.25) is 0 Å². The summed E-state index contributed by atoms with van der Waals surface area (Å²) < 4.78 is 27.3. The zero-order valence-corrected chi connectivity index (χ0v) is 11.1. The van der Waals surface area contributed by atoms with Crippen LogP contribution >= 0.6 is 11.6 Å². The molecular formula is C14H8ClF2N3. The fraction of sp³-hybridized carbons (Fsp3) is 0.0714. The predicted molar refractivity (Wildman–Crippen MR) is 72.4 cm³/mol. The van der Waals surface area contributed by atoms with E-state index in [9.17, 15) is 8.78 Å². The quantitative estimate of drug-likeness (QED) is 0.638. The Morgan fingerprint density at radius 3 is 2.70 bits per heavy atom. The zero-order chi connectivity index (χ0) is 14.3. The third kappa shape index (κ3) is 2.10. The molecule has 3 rings (SSSR count). The van der Waals surface area contributed by atoms with Crippen LogP contribution in [0.4, 0.5) is 8.78 Å². The molecule has 0 aliphatic carbocycles. The first-order valence-electron chi connectivity index (χ1n) is 5.80. The van der Waals surface area contributed by atoms with Gasteiger partial charge in [-0.3, -0.25) is 0 Å². The van der Waals surface area contributed by atoms with E-state index in [4.69, 9.17) is 11.6 Å². The van der Waals surface area contributed by atoms with Gasteiger partial charge in [-0.15, -0.1) is 0 Å². The first-order chi connectivity index (χ1) is 9.56. The molecule has 0 bridgehead atoms. The molecule has 0 saturated carbocycles. The average molecular weight is 292 g/mol. The molecule has 0 atom stereocenters. The summed E-state index contributed by atoms with van der Waals surface area (Å²) in [6, 6.07) is 5.91. The minimum absolute atomic E-state index is 0.0803. The minimum atomic E-state index is -0.702. The number of aryl methyl sites for hydroxylation is 1. The molecule has 0 unspecified atom stereocenters. The molecule has 0 aliphatic heterocycles. The highest BCUT2D eigenvalue weighted by Crippen LogP contribution is 2.29. The Morgan fingerprint density at radius 1 is 1.15 bits per heavy atom. The van der Waals surface area contributed by atoms with Gasteiger partial charge in [0.25, 0.3) is 0 Å². The van der Waals surface area contributed by atoms with Crippen LogP contribution < -0.4 is 0 Å². The molecule has 0 radical (unpaired) electrons. The van der Waals surface area contributed by atoms with Crippen molar-refractivity contribution in [2.24, 2.45) is 0 Å². The van der Waals surface area contributed by atoms with Gasteiger partial charge in [-0.25, -0.2) is 23.7 Å². The Bertz CT molecular complexity index is 821. The molecule has 0 aliphatic rings. The van der Waals surface area contributed by atoms with E-state index in [1.807, 2.05) is 0 Å². The third-order valence-electron chi connectivity index (χ3n) is 2.85. The summed E-state index contributed by atoms with van der Waals surface area (Å²) in [6.45, 7) is 1.63. The second-order valence-electron chi connectivity index (χ2n) is 4.26. The van der Waals surface area contributed by atoms with Crippen LogP contribution in [0.3, 0.4) is 0 Å². The lowest BCUT2D eigenvalue weighted by molar-refractivity contribution is 0.628. The van der Waals surface area contributed by atoms with Gasteiger partial charge < -0.3 is 0 Å². The molecule has 20 heavy (non-hydrogen) atoms. The topological polar surface area (TPSA) is 38.7 Å². The van der Waals surface area contributed by atoms with Crippen LogP contribution in [0, 0.1) is 18.6 Å². The summed E-state index contributed by atoms with van der Waals surface area (Å²) in [5.74, 6) is -0.723. The van der Waals surface area contributed by atoms with Crippen LogP contribution in [0.15, 0.2) is 30.5 Å². The van der Waals surface area contributed by atoms with E-state index in [1.165, 1.54) is 18.3 Å². The van der Waals surface area contributed by atoms with Crippen molar-refractivity contribution in [1.29, 1.82) is 0 Å². The van der Waals surface area contributed by atoms with Crippen LogP contribution in [-0.2, 0) is 0 Å². The zero-order valence-electron chi connectivity index (χ0n) is 10.4. The van der Waals surface area contributed by atoms with E-state index in [1.54, 1.807) is 19.1 Å². The third-order valence-corrected chi connectivity index (χ3v) is 3.12. The highest BCUT2D eigenvalue weighted by molar-refractivity contribution is 6.30. The molecule has 0 fully saturated rings. The van der Waals surface area contributed by atoms with Crippen LogP contribution in [0.5, 0.6) is 0 Å². The molecular weight excluding hydrogens is 284 g/mol. The molecule has 1 aromatic carbocycles. The van der Waals surface area contributed by atoms with Crippen molar-refractivity contribution in [3.63, 3.8) is 0 Å². The number of rotatable bonds is 1. The van der Waals surface area contributed by atoms with Gasteiger partial charge in [-0.05, 0) is 19.1 Å². The van der Waals surface area contributed by atoms with E-state index in [2.05, 4.69) is 15.0 Å². The summed E-state index contributed by atoms with van der Waals surface area (Å²) >= 11 is 5.66. The second-order valence-corrected chi connectivity index (χ2v) is 4.61. The van der Waals surface area contributed by atoms with Crippen molar-refractivity contribution < 1.29 is 8.78 Å². The van der Waals surface area contributed by atoms with Crippen molar-refractivity contribution >= 4 is 22.5 Å². The van der Waals surface area contributed by atoms with Crippen LogP contribution in [0.1, 0.15) is 5.82 Å². The Morgan fingerprint density at radius 2 is 1.95 bits per heavy atom.